The lowest BCUT2D eigenvalue weighted by Gasteiger charge is -2.36. The Balaban J connectivity index is 1.60. The highest BCUT2D eigenvalue weighted by Gasteiger charge is 2.40. The number of allylic oxidation sites excluding steroid dienone is 3. The van der Waals surface area contributed by atoms with Gasteiger partial charge in [-0.25, -0.2) is 4.98 Å². The Kier molecular flexibility index (Phi) is 4.96. The first-order chi connectivity index (χ1) is 15.4. The quantitative estimate of drug-likeness (QED) is 0.764. The number of pyridine rings is 1. The number of Topliss-reactive ketones (excluding diaryl/α,β-unsaturated/α-hetero) is 1. The van der Waals surface area contributed by atoms with E-state index >= 15 is 0 Å². The van der Waals surface area contributed by atoms with E-state index in [1.807, 2.05) is 44.2 Å². The number of carbonyl (C=O) groups excluding carboxylic acids is 2. The van der Waals surface area contributed by atoms with E-state index in [0.717, 1.165) is 29.1 Å². The number of nitrogens with zero attached hydrogens (tertiary/aromatic N) is 1. The molecule has 164 valence electrons. The summed E-state index contributed by atoms with van der Waals surface area (Å²) in [5, 5.41) is 6.28. The van der Waals surface area contributed by atoms with Gasteiger partial charge in [0.1, 0.15) is 5.82 Å². The molecule has 0 saturated heterocycles. The van der Waals surface area contributed by atoms with Crippen LogP contribution in [0.3, 0.4) is 0 Å². The molecular formula is C25H25N3O4. The molecule has 0 spiro atoms. The number of dihydropyridines is 1. The highest BCUT2D eigenvalue weighted by molar-refractivity contribution is 6.09. The summed E-state index contributed by atoms with van der Waals surface area (Å²) in [7, 11) is 0. The predicted octanol–water partition coefficient (Wildman–Crippen LogP) is 3.97. The molecule has 5 rings (SSSR count). The van der Waals surface area contributed by atoms with Crippen LogP contribution in [0.25, 0.3) is 0 Å². The summed E-state index contributed by atoms with van der Waals surface area (Å²) in [6.45, 7) is 5.99. The third-order valence-corrected chi connectivity index (χ3v) is 6.14. The minimum Gasteiger partial charge on any atom is -0.454 e. The average Bonchev–Trinajstić information content (AvgIpc) is 3.20. The van der Waals surface area contributed by atoms with Crippen molar-refractivity contribution in [2.24, 2.45) is 5.92 Å². The van der Waals surface area contributed by atoms with Crippen LogP contribution in [0.2, 0.25) is 0 Å². The summed E-state index contributed by atoms with van der Waals surface area (Å²) in [4.78, 5) is 31.1. The van der Waals surface area contributed by atoms with Gasteiger partial charge in [-0.05, 0) is 56.0 Å². The summed E-state index contributed by atoms with van der Waals surface area (Å²) >= 11 is 0. The number of rotatable bonds is 3. The maximum Gasteiger partial charge on any atom is 0.255 e. The Hall–Kier alpha value is -3.61. The van der Waals surface area contributed by atoms with Crippen molar-refractivity contribution < 1.29 is 19.1 Å². The van der Waals surface area contributed by atoms with Gasteiger partial charge in [-0.2, -0.15) is 0 Å². The van der Waals surface area contributed by atoms with Crippen LogP contribution in [-0.4, -0.2) is 23.5 Å². The molecule has 0 radical (unpaired) electrons. The lowest BCUT2D eigenvalue weighted by atomic mass is 9.73. The molecule has 32 heavy (non-hydrogen) atoms. The third kappa shape index (κ3) is 3.53. The number of hydrogen-bond donors (Lipinski definition) is 2. The molecule has 1 amide bonds. The monoisotopic (exact) mass is 431 g/mol. The van der Waals surface area contributed by atoms with Gasteiger partial charge in [0.25, 0.3) is 5.91 Å². The molecular weight excluding hydrogens is 406 g/mol. The highest BCUT2D eigenvalue weighted by Crippen LogP contribution is 2.45. The molecule has 1 aromatic carbocycles. The fourth-order valence-electron chi connectivity index (χ4n) is 4.76. The molecule has 7 nitrogen and oxygen atoms in total. The molecule has 3 aliphatic rings. The van der Waals surface area contributed by atoms with Crippen molar-refractivity contribution in [1.29, 1.82) is 0 Å². The van der Waals surface area contributed by atoms with Crippen LogP contribution in [0.1, 0.15) is 43.9 Å². The number of aromatic nitrogens is 1. The molecule has 2 aliphatic heterocycles. The molecule has 1 aliphatic carbocycles. The number of anilines is 1. The number of carbonyl (C=O) groups is 2. The van der Waals surface area contributed by atoms with Crippen LogP contribution >= 0.6 is 0 Å². The van der Waals surface area contributed by atoms with Crippen molar-refractivity contribution in [3.63, 3.8) is 0 Å². The minimum absolute atomic E-state index is 0.0698. The molecule has 2 atom stereocenters. The number of hydrogen-bond acceptors (Lipinski definition) is 6. The molecule has 2 N–H and O–H groups in total. The van der Waals surface area contributed by atoms with Gasteiger partial charge in [-0.15, -0.1) is 0 Å². The second-order valence-corrected chi connectivity index (χ2v) is 8.66. The Morgan fingerprint density at radius 1 is 1.12 bits per heavy atom. The van der Waals surface area contributed by atoms with Gasteiger partial charge in [0.15, 0.2) is 17.3 Å². The van der Waals surface area contributed by atoms with Crippen LogP contribution in [0.15, 0.2) is 58.9 Å². The number of benzene rings is 1. The van der Waals surface area contributed by atoms with Gasteiger partial charge >= 0.3 is 0 Å². The summed E-state index contributed by atoms with van der Waals surface area (Å²) in [5.74, 6) is 1.31. The molecule has 7 heteroatoms. The van der Waals surface area contributed by atoms with E-state index in [1.165, 1.54) is 0 Å². The number of nitrogens with one attached hydrogen (secondary N) is 2. The molecule has 1 aromatic heterocycles. The lowest BCUT2D eigenvalue weighted by Crippen LogP contribution is -2.37. The summed E-state index contributed by atoms with van der Waals surface area (Å²) in [5.41, 5.74) is 4.44. The Morgan fingerprint density at radius 3 is 2.75 bits per heavy atom. The van der Waals surface area contributed by atoms with E-state index in [1.54, 1.807) is 6.07 Å². The third-order valence-electron chi connectivity index (χ3n) is 6.14. The van der Waals surface area contributed by atoms with Crippen LogP contribution in [0.5, 0.6) is 11.5 Å². The van der Waals surface area contributed by atoms with Crippen molar-refractivity contribution in [1.82, 2.24) is 10.3 Å². The van der Waals surface area contributed by atoms with Gasteiger partial charge in [0, 0.05) is 40.6 Å². The number of ketones is 1. The molecule has 0 saturated carbocycles. The predicted molar refractivity (Wildman–Crippen MR) is 119 cm³/mol. The van der Waals surface area contributed by atoms with Gasteiger partial charge in [-0.1, -0.05) is 19.1 Å². The highest BCUT2D eigenvalue weighted by atomic mass is 16.7. The molecule has 0 bridgehead atoms. The SMILES string of the molecule is CC1=C(C(=O)Nc2cccc(C)n2)C(c2ccc3c(c2)OCO3)C2=C(CC(C)CC2=O)N1. The van der Waals surface area contributed by atoms with E-state index in [9.17, 15) is 9.59 Å². The van der Waals surface area contributed by atoms with Gasteiger partial charge in [0.2, 0.25) is 6.79 Å². The zero-order valence-corrected chi connectivity index (χ0v) is 18.3. The van der Waals surface area contributed by atoms with Gasteiger partial charge in [-0.3, -0.25) is 9.59 Å². The van der Waals surface area contributed by atoms with Crippen LogP contribution in [-0.2, 0) is 9.59 Å². The zero-order valence-electron chi connectivity index (χ0n) is 18.3. The smallest absolute Gasteiger partial charge is 0.255 e. The number of aryl methyl sites for hydroxylation is 1. The van der Waals surface area contributed by atoms with E-state index in [0.29, 0.717) is 34.9 Å². The first kappa shape index (κ1) is 20.3. The van der Waals surface area contributed by atoms with Crippen molar-refractivity contribution in [2.45, 2.75) is 39.5 Å². The van der Waals surface area contributed by atoms with E-state index < -0.39 is 5.92 Å². The minimum atomic E-state index is -0.495. The first-order valence-electron chi connectivity index (χ1n) is 10.8. The average molecular weight is 431 g/mol. The zero-order chi connectivity index (χ0) is 22.4. The summed E-state index contributed by atoms with van der Waals surface area (Å²) < 4.78 is 11.0. The fraction of sp³-hybridized carbons (Fsp3) is 0.320. The second-order valence-electron chi connectivity index (χ2n) is 8.66. The Labute approximate surface area is 186 Å². The normalized spacial score (nSPS) is 21.9. The summed E-state index contributed by atoms with van der Waals surface area (Å²) in [6, 6.07) is 11.1. The molecule has 2 unspecified atom stereocenters. The second kappa shape index (κ2) is 7.82. The number of amides is 1. The Morgan fingerprint density at radius 2 is 1.94 bits per heavy atom. The topological polar surface area (TPSA) is 89.6 Å². The first-order valence-corrected chi connectivity index (χ1v) is 10.8. The standard InChI is InChI=1S/C25H25N3O4/c1-13-9-17-24(18(29)10-13)23(16-7-8-19-20(11-16)32-12-31-19)22(15(3)27-17)25(30)28-21-6-4-5-14(2)26-21/h4-8,11,13,23,27H,9-10,12H2,1-3H3,(H,26,28,30). The van der Waals surface area contributed by atoms with E-state index in [2.05, 4.69) is 22.5 Å². The van der Waals surface area contributed by atoms with Gasteiger partial charge < -0.3 is 20.1 Å². The number of ether oxygens (including phenoxy) is 2. The van der Waals surface area contributed by atoms with E-state index in [-0.39, 0.29) is 24.4 Å². The Bertz CT molecular complexity index is 1200. The lowest BCUT2D eigenvalue weighted by molar-refractivity contribution is -0.117. The van der Waals surface area contributed by atoms with Crippen molar-refractivity contribution in [3.05, 3.63) is 70.2 Å². The number of fused-ring (bicyclic) bond motifs is 1. The fourth-order valence-corrected chi connectivity index (χ4v) is 4.76. The maximum atomic E-state index is 13.5. The molecule has 2 aromatic rings. The van der Waals surface area contributed by atoms with Gasteiger partial charge in [0.05, 0.1) is 0 Å². The van der Waals surface area contributed by atoms with Crippen LogP contribution in [0, 0.1) is 12.8 Å². The molecule has 0 fully saturated rings. The van der Waals surface area contributed by atoms with E-state index in [4.69, 9.17) is 9.47 Å². The van der Waals surface area contributed by atoms with Crippen molar-refractivity contribution in [2.75, 3.05) is 12.1 Å². The largest absolute Gasteiger partial charge is 0.454 e. The van der Waals surface area contributed by atoms with Crippen LogP contribution in [0.4, 0.5) is 5.82 Å². The van der Waals surface area contributed by atoms with Crippen molar-refractivity contribution in [3.8, 4) is 11.5 Å². The summed E-state index contributed by atoms with van der Waals surface area (Å²) in [6.07, 6.45) is 1.24. The molecule has 3 heterocycles. The maximum absolute atomic E-state index is 13.5. The van der Waals surface area contributed by atoms with Crippen LogP contribution < -0.4 is 20.1 Å². The van der Waals surface area contributed by atoms with Crippen molar-refractivity contribution >= 4 is 17.5 Å².